The number of ether oxygens (including phenoxy) is 1. The van der Waals surface area contributed by atoms with Gasteiger partial charge in [-0.1, -0.05) is 0 Å². The zero-order valence-corrected chi connectivity index (χ0v) is 15.4. The van der Waals surface area contributed by atoms with Crippen LogP contribution < -0.4 is 4.74 Å². The number of thiazole rings is 1. The molecule has 0 aliphatic carbocycles. The minimum absolute atomic E-state index is 0.0537. The van der Waals surface area contributed by atoms with E-state index in [0.717, 1.165) is 0 Å². The highest BCUT2D eigenvalue weighted by Crippen LogP contribution is 2.28. The molecule has 2 heterocycles. The number of carboxylic acid groups (broad SMARTS) is 1. The van der Waals surface area contributed by atoms with E-state index in [4.69, 9.17) is 5.11 Å². The van der Waals surface area contributed by atoms with Gasteiger partial charge < -0.3 is 14.7 Å². The normalized spacial score (nSPS) is 17.4. The lowest BCUT2D eigenvalue weighted by Gasteiger charge is -2.30. The van der Waals surface area contributed by atoms with Crippen molar-refractivity contribution in [3.63, 3.8) is 0 Å². The van der Waals surface area contributed by atoms with Gasteiger partial charge in [0.25, 0.3) is 0 Å². The number of nitrogens with zero attached hydrogens (tertiary/aromatic N) is 2. The van der Waals surface area contributed by atoms with Crippen LogP contribution in [0.4, 0.5) is 13.2 Å². The number of benzene rings is 1. The average Bonchev–Trinajstić information content (AvgIpc) is 3.09. The number of carbonyl (C=O) groups is 2. The van der Waals surface area contributed by atoms with Gasteiger partial charge in [0.05, 0.1) is 18.0 Å². The van der Waals surface area contributed by atoms with Crippen molar-refractivity contribution >= 4 is 23.2 Å². The summed E-state index contributed by atoms with van der Waals surface area (Å²) in [5, 5.41) is 11.4. The number of halogens is 3. The number of carboxylic acids is 1. The van der Waals surface area contributed by atoms with Crippen molar-refractivity contribution in [2.45, 2.75) is 25.6 Å². The predicted octanol–water partition coefficient (Wildman–Crippen LogP) is 3.57. The van der Waals surface area contributed by atoms with Gasteiger partial charge in [0.2, 0.25) is 5.91 Å². The lowest BCUT2D eigenvalue weighted by molar-refractivity contribution is -0.274. The fourth-order valence-corrected chi connectivity index (χ4v) is 3.82. The van der Waals surface area contributed by atoms with Crippen molar-refractivity contribution in [1.29, 1.82) is 0 Å². The van der Waals surface area contributed by atoms with Crippen LogP contribution in [0, 0.1) is 5.92 Å². The summed E-state index contributed by atoms with van der Waals surface area (Å²) >= 11 is 1.28. The van der Waals surface area contributed by atoms with E-state index in [9.17, 15) is 22.8 Å². The van der Waals surface area contributed by atoms with Crippen LogP contribution in [0.2, 0.25) is 0 Å². The van der Waals surface area contributed by atoms with Gasteiger partial charge in [0.1, 0.15) is 10.8 Å². The standard InChI is InChI=1S/C18H17F3N2O4S/c19-18(20,21)27-14-5-3-11(4-6-14)16-22-13(10-28-16)8-15(24)23-7-1-2-12(9-23)17(25)26/h3-6,10,12H,1-2,7-9H2,(H,25,26). The second kappa shape index (κ2) is 8.17. The second-order valence-electron chi connectivity index (χ2n) is 6.41. The van der Waals surface area contributed by atoms with Gasteiger partial charge in [-0.15, -0.1) is 24.5 Å². The van der Waals surface area contributed by atoms with E-state index in [0.29, 0.717) is 35.7 Å². The molecule has 1 aromatic heterocycles. The molecule has 1 aliphatic rings. The van der Waals surface area contributed by atoms with Gasteiger partial charge >= 0.3 is 12.3 Å². The molecule has 1 atom stereocenters. The zero-order chi connectivity index (χ0) is 20.3. The molecule has 1 saturated heterocycles. The monoisotopic (exact) mass is 414 g/mol. The summed E-state index contributed by atoms with van der Waals surface area (Å²) in [7, 11) is 0. The number of amides is 1. The van der Waals surface area contributed by atoms with Crippen LogP contribution >= 0.6 is 11.3 Å². The summed E-state index contributed by atoms with van der Waals surface area (Å²) in [6.45, 7) is 0.728. The van der Waals surface area contributed by atoms with E-state index in [-0.39, 0.29) is 24.6 Å². The molecule has 1 unspecified atom stereocenters. The Bertz CT molecular complexity index is 851. The number of aromatic nitrogens is 1. The summed E-state index contributed by atoms with van der Waals surface area (Å²) in [6.07, 6.45) is -3.48. The molecule has 0 saturated carbocycles. The summed E-state index contributed by atoms with van der Waals surface area (Å²) in [4.78, 5) is 29.5. The molecule has 1 fully saturated rings. The zero-order valence-electron chi connectivity index (χ0n) is 14.6. The highest BCUT2D eigenvalue weighted by molar-refractivity contribution is 7.13. The van der Waals surface area contributed by atoms with Crippen molar-refractivity contribution in [1.82, 2.24) is 9.88 Å². The van der Waals surface area contributed by atoms with Crippen molar-refractivity contribution in [2.24, 2.45) is 5.92 Å². The van der Waals surface area contributed by atoms with Crippen LogP contribution in [0.1, 0.15) is 18.5 Å². The van der Waals surface area contributed by atoms with Crippen LogP contribution in [0.3, 0.4) is 0 Å². The molecule has 2 aromatic rings. The van der Waals surface area contributed by atoms with Crippen molar-refractivity contribution in [2.75, 3.05) is 13.1 Å². The summed E-state index contributed by atoms with van der Waals surface area (Å²) in [5.41, 5.74) is 1.15. The number of aliphatic carboxylic acids is 1. The molecule has 6 nitrogen and oxygen atoms in total. The van der Waals surface area contributed by atoms with Crippen LogP contribution in [0.15, 0.2) is 29.6 Å². The molecule has 150 valence electrons. The first-order chi connectivity index (χ1) is 13.2. The minimum atomic E-state index is -4.75. The number of likely N-dealkylation sites (tertiary alicyclic amines) is 1. The fraction of sp³-hybridized carbons (Fsp3) is 0.389. The molecule has 0 bridgehead atoms. The average molecular weight is 414 g/mol. The van der Waals surface area contributed by atoms with Crippen LogP contribution in [-0.4, -0.2) is 46.3 Å². The number of rotatable bonds is 5. The summed E-state index contributed by atoms with van der Waals surface area (Å²) in [5.74, 6) is -1.94. The second-order valence-corrected chi connectivity index (χ2v) is 7.27. The first-order valence-electron chi connectivity index (χ1n) is 8.52. The SMILES string of the molecule is O=C(O)C1CCCN(C(=O)Cc2csc(-c3ccc(OC(F)(F)F)cc3)n2)C1. The Morgan fingerprint density at radius 2 is 2.00 bits per heavy atom. The maximum Gasteiger partial charge on any atom is 0.573 e. The Kier molecular flexibility index (Phi) is 5.87. The summed E-state index contributed by atoms with van der Waals surface area (Å²) < 4.78 is 40.5. The third kappa shape index (κ3) is 5.22. The summed E-state index contributed by atoms with van der Waals surface area (Å²) in [6, 6.07) is 5.34. The molecule has 3 rings (SSSR count). The van der Waals surface area contributed by atoms with Crippen molar-refractivity contribution in [3.05, 3.63) is 35.3 Å². The number of piperidine rings is 1. The highest BCUT2D eigenvalue weighted by atomic mass is 32.1. The van der Waals surface area contributed by atoms with E-state index >= 15 is 0 Å². The molecular weight excluding hydrogens is 397 g/mol. The molecule has 0 radical (unpaired) electrons. The lowest BCUT2D eigenvalue weighted by atomic mass is 9.98. The predicted molar refractivity (Wildman–Crippen MR) is 94.9 cm³/mol. The molecule has 1 aromatic carbocycles. The quantitative estimate of drug-likeness (QED) is 0.809. The van der Waals surface area contributed by atoms with E-state index < -0.39 is 18.2 Å². The Morgan fingerprint density at radius 1 is 1.29 bits per heavy atom. The fourth-order valence-electron chi connectivity index (χ4n) is 2.99. The minimum Gasteiger partial charge on any atom is -0.481 e. The largest absolute Gasteiger partial charge is 0.573 e. The van der Waals surface area contributed by atoms with Crippen molar-refractivity contribution < 1.29 is 32.6 Å². The van der Waals surface area contributed by atoms with Crippen LogP contribution in [-0.2, 0) is 16.0 Å². The first kappa shape index (κ1) is 20.1. The lowest BCUT2D eigenvalue weighted by Crippen LogP contribution is -2.43. The number of hydrogen-bond donors (Lipinski definition) is 1. The molecule has 28 heavy (non-hydrogen) atoms. The third-order valence-corrected chi connectivity index (χ3v) is 5.28. The first-order valence-corrected chi connectivity index (χ1v) is 9.40. The molecular formula is C18H17F3N2O4S. The smallest absolute Gasteiger partial charge is 0.481 e. The van der Waals surface area contributed by atoms with E-state index in [1.54, 1.807) is 10.3 Å². The number of carbonyl (C=O) groups excluding carboxylic acids is 1. The number of alkyl halides is 3. The molecule has 1 N–H and O–H groups in total. The van der Waals surface area contributed by atoms with Crippen LogP contribution in [0.25, 0.3) is 10.6 Å². The highest BCUT2D eigenvalue weighted by Gasteiger charge is 2.31. The Morgan fingerprint density at radius 3 is 2.64 bits per heavy atom. The molecule has 1 amide bonds. The maximum absolute atomic E-state index is 12.4. The van der Waals surface area contributed by atoms with Gasteiger partial charge in [0, 0.05) is 24.0 Å². The maximum atomic E-state index is 12.4. The third-order valence-electron chi connectivity index (χ3n) is 4.34. The van der Waals surface area contributed by atoms with Gasteiger partial charge in [-0.3, -0.25) is 9.59 Å². The number of hydrogen-bond acceptors (Lipinski definition) is 5. The van der Waals surface area contributed by atoms with E-state index in [1.165, 1.54) is 35.6 Å². The Balaban J connectivity index is 1.62. The van der Waals surface area contributed by atoms with Crippen molar-refractivity contribution in [3.8, 4) is 16.3 Å². The van der Waals surface area contributed by atoms with Gasteiger partial charge in [0.15, 0.2) is 0 Å². The Labute approximate surface area is 162 Å². The topological polar surface area (TPSA) is 79.7 Å². The van der Waals surface area contributed by atoms with Gasteiger partial charge in [-0.25, -0.2) is 4.98 Å². The molecule has 10 heteroatoms. The van der Waals surface area contributed by atoms with Crippen LogP contribution in [0.5, 0.6) is 5.75 Å². The molecule has 1 aliphatic heterocycles. The van der Waals surface area contributed by atoms with Gasteiger partial charge in [-0.05, 0) is 37.1 Å². The van der Waals surface area contributed by atoms with E-state index in [2.05, 4.69) is 9.72 Å². The molecule has 0 spiro atoms. The van der Waals surface area contributed by atoms with Gasteiger partial charge in [-0.2, -0.15) is 0 Å². The Hall–Kier alpha value is -2.62. The van der Waals surface area contributed by atoms with E-state index in [1.807, 2.05) is 0 Å².